The van der Waals surface area contributed by atoms with Crippen LogP contribution in [0.15, 0.2) is 42.5 Å². The first-order valence-electron chi connectivity index (χ1n) is 6.47. The Morgan fingerprint density at radius 2 is 1.55 bits per heavy atom. The molecule has 2 rings (SSSR count). The maximum atomic E-state index is 12.2. The zero-order valence-electron chi connectivity index (χ0n) is 11.5. The van der Waals surface area contributed by atoms with Gasteiger partial charge in [-0.2, -0.15) is 0 Å². The summed E-state index contributed by atoms with van der Waals surface area (Å²) in [4.78, 5) is 30.8. The molecule has 0 bridgehead atoms. The van der Waals surface area contributed by atoms with E-state index in [9.17, 15) is 29.4 Å². The van der Waals surface area contributed by atoms with Crippen LogP contribution in [-0.2, 0) is 11.0 Å². The quantitative estimate of drug-likeness (QED) is 0.492. The van der Waals surface area contributed by atoms with Crippen molar-refractivity contribution in [3.63, 3.8) is 0 Å². The molecule has 0 spiro atoms. The van der Waals surface area contributed by atoms with E-state index in [1.807, 2.05) is 0 Å². The van der Waals surface area contributed by atoms with E-state index in [0.717, 1.165) is 23.8 Å². The smallest absolute Gasteiger partial charge is 0.356 e. The van der Waals surface area contributed by atoms with Gasteiger partial charge in [-0.05, 0) is 42.3 Å². The lowest BCUT2D eigenvalue weighted by atomic mass is 10.0. The number of Topliss-reactive ketones (excluding diaryl/α,β-unsaturated/α-hetero) is 1. The molecule has 0 amide bonds. The lowest BCUT2D eigenvalue weighted by molar-refractivity contribution is 0.0983. The number of phenols is 2. The summed E-state index contributed by atoms with van der Waals surface area (Å²) in [6, 6.07) is 9.57. The number of hydrogen-bond acceptors (Lipinski definition) is 4. The number of hydrogen-bond donors (Lipinski definition) is 4. The molecule has 0 saturated heterocycles. The summed E-state index contributed by atoms with van der Waals surface area (Å²) >= 11 is 0. The number of phenolic OH excluding ortho intramolecular Hbond substituents is 2. The minimum atomic E-state index is -4.60. The van der Waals surface area contributed by atoms with Gasteiger partial charge in [-0.3, -0.25) is 9.36 Å². The Hall–Kier alpha value is -2.14. The molecule has 0 radical (unpaired) electrons. The van der Waals surface area contributed by atoms with Crippen molar-refractivity contribution in [2.75, 3.05) is 0 Å². The predicted molar refractivity (Wildman–Crippen MR) is 80.5 cm³/mol. The fraction of sp³-hybridized carbons (Fsp3) is 0.133. The van der Waals surface area contributed by atoms with Gasteiger partial charge < -0.3 is 20.0 Å². The topological polar surface area (TPSA) is 115 Å². The summed E-state index contributed by atoms with van der Waals surface area (Å²) in [6.45, 7) is 0. The van der Waals surface area contributed by atoms with Gasteiger partial charge in [-0.15, -0.1) is 0 Å². The Balaban J connectivity index is 2.20. The van der Waals surface area contributed by atoms with Crippen LogP contribution in [0.25, 0.3) is 0 Å². The molecule has 0 aliphatic heterocycles. The number of aryl methyl sites for hydroxylation is 1. The molecule has 4 N–H and O–H groups in total. The maximum absolute atomic E-state index is 12.2. The van der Waals surface area contributed by atoms with Crippen LogP contribution in [-0.4, -0.2) is 25.8 Å². The molecular formula is C15H15O6P. The Bertz CT molecular complexity index is 732. The van der Waals surface area contributed by atoms with E-state index in [1.54, 1.807) is 12.1 Å². The second-order valence-electron chi connectivity index (χ2n) is 4.84. The first-order valence-corrected chi connectivity index (χ1v) is 8.09. The second kappa shape index (κ2) is 6.32. The first-order chi connectivity index (χ1) is 10.3. The lowest BCUT2D eigenvalue weighted by Gasteiger charge is -2.10. The van der Waals surface area contributed by atoms with Crippen molar-refractivity contribution < 1.29 is 29.4 Å². The number of ketones is 1. The van der Waals surface area contributed by atoms with Crippen molar-refractivity contribution in [1.82, 2.24) is 0 Å². The van der Waals surface area contributed by atoms with Crippen molar-refractivity contribution in [2.45, 2.75) is 12.8 Å². The number of benzene rings is 2. The summed E-state index contributed by atoms with van der Waals surface area (Å²) in [5.41, 5.74) is 0.635. The van der Waals surface area contributed by atoms with Gasteiger partial charge in [-0.1, -0.05) is 12.1 Å². The number of rotatable bonds is 5. The van der Waals surface area contributed by atoms with Gasteiger partial charge in [0.05, 0.1) is 5.30 Å². The van der Waals surface area contributed by atoms with E-state index in [4.69, 9.17) is 0 Å². The molecule has 0 saturated carbocycles. The zero-order chi connectivity index (χ0) is 16.3. The average molecular weight is 322 g/mol. The highest BCUT2D eigenvalue weighted by molar-refractivity contribution is 7.60. The molecule has 0 aliphatic carbocycles. The Morgan fingerprint density at radius 1 is 0.955 bits per heavy atom. The molecule has 0 unspecified atom stereocenters. The van der Waals surface area contributed by atoms with Crippen molar-refractivity contribution in [3.05, 3.63) is 53.6 Å². The van der Waals surface area contributed by atoms with Crippen LogP contribution in [0.1, 0.15) is 22.3 Å². The molecule has 0 heterocycles. The molecule has 116 valence electrons. The molecule has 2 aromatic rings. The molecule has 22 heavy (non-hydrogen) atoms. The minimum absolute atomic E-state index is 0.0290. The minimum Gasteiger partial charge on any atom is -0.508 e. The van der Waals surface area contributed by atoms with Crippen LogP contribution in [0.2, 0.25) is 0 Å². The van der Waals surface area contributed by atoms with Gasteiger partial charge in [0.2, 0.25) is 0 Å². The lowest BCUT2D eigenvalue weighted by Crippen LogP contribution is -2.16. The zero-order valence-corrected chi connectivity index (χ0v) is 12.4. The van der Waals surface area contributed by atoms with Gasteiger partial charge >= 0.3 is 7.60 Å². The normalized spacial score (nSPS) is 11.4. The van der Waals surface area contributed by atoms with Gasteiger partial charge in [0.15, 0.2) is 5.78 Å². The summed E-state index contributed by atoms with van der Waals surface area (Å²) in [6.07, 6.45) is 0.386. The summed E-state index contributed by atoms with van der Waals surface area (Å²) in [7, 11) is -4.60. The SMILES string of the molecule is O=C(CCc1ccc(O)cc1)c1cc(O)ccc1P(=O)(O)O. The van der Waals surface area contributed by atoms with Gasteiger partial charge in [0.25, 0.3) is 0 Å². The number of carbonyl (C=O) groups excluding carboxylic acids is 1. The highest BCUT2D eigenvalue weighted by Crippen LogP contribution is 2.36. The van der Waals surface area contributed by atoms with Crippen LogP contribution in [0, 0.1) is 0 Å². The largest absolute Gasteiger partial charge is 0.508 e. The van der Waals surface area contributed by atoms with Crippen LogP contribution in [0.4, 0.5) is 0 Å². The molecule has 0 fully saturated rings. The van der Waals surface area contributed by atoms with E-state index in [1.165, 1.54) is 12.1 Å². The summed E-state index contributed by atoms with van der Waals surface area (Å²) in [5.74, 6) is -0.584. The third-order valence-electron chi connectivity index (χ3n) is 3.17. The molecule has 2 aromatic carbocycles. The van der Waals surface area contributed by atoms with Gasteiger partial charge in [0, 0.05) is 12.0 Å². The van der Waals surface area contributed by atoms with Gasteiger partial charge in [-0.25, -0.2) is 0 Å². The molecule has 7 heteroatoms. The fourth-order valence-electron chi connectivity index (χ4n) is 2.06. The highest BCUT2D eigenvalue weighted by atomic mass is 31.2. The van der Waals surface area contributed by atoms with Crippen molar-refractivity contribution in [3.8, 4) is 11.5 Å². The molecule has 6 nitrogen and oxygen atoms in total. The standard InChI is InChI=1S/C15H15O6P/c16-11-4-1-10(2-5-11)3-7-14(18)13-9-12(17)6-8-15(13)22(19,20)21/h1-2,4-6,8-9,16-17H,3,7H2,(H2,19,20,21). The predicted octanol–water partition coefficient (Wildman–Crippen LogP) is 1.72. The Morgan fingerprint density at radius 3 is 2.14 bits per heavy atom. The maximum Gasteiger partial charge on any atom is 0.356 e. The first kappa shape index (κ1) is 16.2. The summed E-state index contributed by atoms with van der Waals surface area (Å²) < 4.78 is 11.4. The third kappa shape index (κ3) is 3.95. The average Bonchev–Trinajstić information content (AvgIpc) is 2.45. The fourth-order valence-corrected chi connectivity index (χ4v) is 2.83. The van der Waals surface area contributed by atoms with E-state index in [0.29, 0.717) is 6.42 Å². The Kier molecular flexibility index (Phi) is 4.66. The molecule has 0 aliphatic rings. The van der Waals surface area contributed by atoms with Crippen LogP contribution in [0.3, 0.4) is 0 Å². The van der Waals surface area contributed by atoms with Crippen LogP contribution < -0.4 is 5.30 Å². The van der Waals surface area contributed by atoms with Crippen molar-refractivity contribution in [2.24, 2.45) is 0 Å². The molecular weight excluding hydrogens is 307 g/mol. The van der Waals surface area contributed by atoms with E-state index in [2.05, 4.69) is 0 Å². The second-order valence-corrected chi connectivity index (χ2v) is 6.40. The molecule has 0 atom stereocenters. The number of aromatic hydroxyl groups is 2. The van der Waals surface area contributed by atoms with E-state index < -0.39 is 13.4 Å². The molecule has 0 aromatic heterocycles. The number of carbonyl (C=O) groups is 1. The third-order valence-corrected chi connectivity index (χ3v) is 4.19. The van der Waals surface area contributed by atoms with Crippen molar-refractivity contribution in [1.29, 1.82) is 0 Å². The van der Waals surface area contributed by atoms with Crippen molar-refractivity contribution >= 4 is 18.7 Å². The summed E-state index contributed by atoms with van der Waals surface area (Å²) in [5, 5.41) is 18.2. The van der Waals surface area contributed by atoms with E-state index >= 15 is 0 Å². The van der Waals surface area contributed by atoms with Crippen LogP contribution >= 0.6 is 7.60 Å². The van der Waals surface area contributed by atoms with Gasteiger partial charge in [0.1, 0.15) is 11.5 Å². The monoisotopic (exact) mass is 322 g/mol. The highest BCUT2D eigenvalue weighted by Gasteiger charge is 2.25. The Labute approximate surface area is 126 Å². The van der Waals surface area contributed by atoms with E-state index in [-0.39, 0.29) is 28.8 Å². The van der Waals surface area contributed by atoms with Crippen LogP contribution in [0.5, 0.6) is 11.5 Å².